The summed E-state index contributed by atoms with van der Waals surface area (Å²) in [7, 11) is 1.84. The Labute approximate surface area is 202 Å². The van der Waals surface area contributed by atoms with E-state index in [0.29, 0.717) is 33.5 Å². The number of nitrogens with zero attached hydrogens (tertiary/aromatic N) is 3. The van der Waals surface area contributed by atoms with Crippen LogP contribution in [-0.2, 0) is 24.9 Å². The van der Waals surface area contributed by atoms with Gasteiger partial charge in [0, 0.05) is 40.2 Å². The zero-order valence-electron chi connectivity index (χ0n) is 18.9. The van der Waals surface area contributed by atoms with Crippen LogP contribution in [0.25, 0.3) is 0 Å². The van der Waals surface area contributed by atoms with E-state index in [1.165, 1.54) is 0 Å². The Morgan fingerprint density at radius 2 is 1.91 bits per heavy atom. The van der Waals surface area contributed by atoms with Crippen LogP contribution in [0, 0.1) is 5.41 Å². The molecule has 0 unspecified atom stereocenters. The largest absolute Gasteiger partial charge is 0.352 e. The third kappa shape index (κ3) is 4.70. The van der Waals surface area contributed by atoms with E-state index < -0.39 is 5.41 Å². The first-order valence-electron chi connectivity index (χ1n) is 10.5. The molecule has 0 bridgehead atoms. The number of rotatable bonds is 3. The van der Waals surface area contributed by atoms with E-state index in [1.807, 2.05) is 33.9 Å². The summed E-state index contributed by atoms with van der Waals surface area (Å²) in [6.45, 7) is 6.17. The van der Waals surface area contributed by atoms with Gasteiger partial charge in [0.2, 0.25) is 5.91 Å². The van der Waals surface area contributed by atoms with Crippen LogP contribution in [-0.4, -0.2) is 21.6 Å². The van der Waals surface area contributed by atoms with Crippen molar-refractivity contribution in [1.29, 1.82) is 0 Å². The Balaban J connectivity index is 1.63. The molecule has 172 valence electrons. The van der Waals surface area contributed by atoms with Crippen LogP contribution in [0.1, 0.15) is 42.3 Å². The molecule has 0 spiro atoms. The van der Waals surface area contributed by atoms with E-state index in [1.54, 1.807) is 46.1 Å². The summed E-state index contributed by atoms with van der Waals surface area (Å²) in [6.07, 6.45) is 1.74. The molecule has 4 rings (SSSR count). The molecule has 0 saturated carbocycles. The van der Waals surface area contributed by atoms with E-state index in [2.05, 4.69) is 15.7 Å². The highest BCUT2D eigenvalue weighted by atomic mass is 35.5. The summed E-state index contributed by atoms with van der Waals surface area (Å²) >= 11 is 12.7. The number of hydrogen-bond donors (Lipinski definition) is 2. The van der Waals surface area contributed by atoms with Crippen LogP contribution in [0.3, 0.4) is 0 Å². The van der Waals surface area contributed by atoms with Crippen molar-refractivity contribution in [3.05, 3.63) is 69.3 Å². The topological polar surface area (TPSA) is 79.3 Å². The second-order valence-corrected chi connectivity index (χ2v) is 9.90. The minimum atomic E-state index is -0.495. The number of halogens is 2. The molecule has 2 heterocycles. The van der Waals surface area contributed by atoms with Crippen LogP contribution in [0.15, 0.2) is 42.6 Å². The molecule has 9 heteroatoms. The smallest absolute Gasteiger partial charge is 0.258 e. The van der Waals surface area contributed by atoms with Crippen molar-refractivity contribution < 1.29 is 9.59 Å². The van der Waals surface area contributed by atoms with Gasteiger partial charge in [-0.05, 0) is 35.9 Å². The van der Waals surface area contributed by atoms with Gasteiger partial charge in [-0.1, -0.05) is 50.0 Å². The van der Waals surface area contributed by atoms with E-state index in [9.17, 15) is 9.59 Å². The number of carbonyl (C=O) groups excluding carboxylic acids is 2. The van der Waals surface area contributed by atoms with Gasteiger partial charge in [0.1, 0.15) is 5.82 Å². The Hall–Kier alpha value is -3.03. The van der Waals surface area contributed by atoms with Crippen LogP contribution in [0.4, 0.5) is 17.2 Å². The molecule has 1 aromatic heterocycles. The highest BCUT2D eigenvalue weighted by Crippen LogP contribution is 2.38. The first kappa shape index (κ1) is 23.1. The second-order valence-electron chi connectivity index (χ2n) is 9.06. The first-order valence-corrected chi connectivity index (χ1v) is 11.3. The van der Waals surface area contributed by atoms with Crippen molar-refractivity contribution >= 4 is 52.2 Å². The standard InChI is InChI=1S/C24H25Cl2N5O2/c1-24(2,3)23(33)27-11-15-6-5-14(9-18(15)26)22(32)31-13-16-12-28-30(4)21(16)29-19-10-17(25)7-8-20(19)31/h5-10,12,29H,11,13H2,1-4H3,(H,27,33). The maximum Gasteiger partial charge on any atom is 0.258 e. The summed E-state index contributed by atoms with van der Waals surface area (Å²) in [5.74, 6) is 0.527. The zero-order valence-corrected chi connectivity index (χ0v) is 20.4. The highest BCUT2D eigenvalue weighted by Gasteiger charge is 2.27. The molecule has 0 aliphatic carbocycles. The van der Waals surface area contributed by atoms with Gasteiger partial charge in [-0.2, -0.15) is 5.10 Å². The number of nitrogens with one attached hydrogen (secondary N) is 2. The van der Waals surface area contributed by atoms with Crippen molar-refractivity contribution in [3.8, 4) is 0 Å². The fourth-order valence-electron chi connectivity index (χ4n) is 3.59. The van der Waals surface area contributed by atoms with Gasteiger partial charge >= 0.3 is 0 Å². The van der Waals surface area contributed by atoms with Crippen molar-refractivity contribution in [3.63, 3.8) is 0 Å². The fraction of sp³-hybridized carbons (Fsp3) is 0.292. The quantitative estimate of drug-likeness (QED) is 0.527. The van der Waals surface area contributed by atoms with E-state index in [4.69, 9.17) is 23.2 Å². The van der Waals surface area contributed by atoms with Gasteiger partial charge in [-0.25, -0.2) is 0 Å². The molecule has 1 aliphatic rings. The van der Waals surface area contributed by atoms with Gasteiger partial charge in [-0.3, -0.25) is 14.3 Å². The molecule has 0 saturated heterocycles. The fourth-order valence-corrected chi connectivity index (χ4v) is 4.01. The average molecular weight is 486 g/mol. The zero-order chi connectivity index (χ0) is 23.9. The lowest BCUT2D eigenvalue weighted by atomic mass is 9.95. The Kier molecular flexibility index (Phi) is 6.12. The summed E-state index contributed by atoms with van der Waals surface area (Å²) in [5, 5.41) is 11.5. The molecule has 7 nitrogen and oxygen atoms in total. The lowest BCUT2D eigenvalue weighted by Gasteiger charge is -2.23. The molecule has 1 aliphatic heterocycles. The SMILES string of the molecule is Cn1ncc2c1Nc1cc(Cl)ccc1N(C(=O)c1ccc(CNC(=O)C(C)(C)C)c(Cl)c1)C2. The summed E-state index contributed by atoms with van der Waals surface area (Å²) < 4.78 is 1.73. The molecule has 0 atom stereocenters. The van der Waals surface area contributed by atoms with Gasteiger partial charge in [0.25, 0.3) is 5.91 Å². The molecular formula is C24H25Cl2N5O2. The third-order valence-corrected chi connectivity index (χ3v) is 6.10. The van der Waals surface area contributed by atoms with Crippen LogP contribution < -0.4 is 15.5 Å². The molecule has 2 amide bonds. The normalized spacial score (nSPS) is 13.0. The number of amides is 2. The average Bonchev–Trinajstić information content (AvgIpc) is 3.00. The van der Waals surface area contributed by atoms with Crippen molar-refractivity contribution in [2.75, 3.05) is 10.2 Å². The predicted octanol–water partition coefficient (Wildman–Crippen LogP) is 5.29. The van der Waals surface area contributed by atoms with Gasteiger partial charge in [0.15, 0.2) is 0 Å². The number of aromatic nitrogens is 2. The molecule has 2 N–H and O–H groups in total. The molecular weight excluding hydrogens is 461 g/mol. The lowest BCUT2D eigenvalue weighted by molar-refractivity contribution is -0.128. The third-order valence-electron chi connectivity index (χ3n) is 5.51. The number of fused-ring (bicyclic) bond motifs is 2. The van der Waals surface area contributed by atoms with Crippen LogP contribution in [0.5, 0.6) is 0 Å². The second kappa shape index (κ2) is 8.72. The van der Waals surface area contributed by atoms with Crippen molar-refractivity contribution in [2.45, 2.75) is 33.9 Å². The maximum atomic E-state index is 13.6. The monoisotopic (exact) mass is 485 g/mol. The lowest BCUT2D eigenvalue weighted by Crippen LogP contribution is -2.34. The van der Waals surface area contributed by atoms with E-state index in [-0.39, 0.29) is 18.4 Å². The Morgan fingerprint density at radius 3 is 2.61 bits per heavy atom. The molecule has 3 aromatic rings. The number of anilines is 3. The highest BCUT2D eigenvalue weighted by molar-refractivity contribution is 6.32. The summed E-state index contributed by atoms with van der Waals surface area (Å²) in [6, 6.07) is 10.5. The van der Waals surface area contributed by atoms with Crippen molar-refractivity contribution in [2.24, 2.45) is 12.5 Å². The van der Waals surface area contributed by atoms with E-state index >= 15 is 0 Å². The molecule has 0 radical (unpaired) electrons. The minimum absolute atomic E-state index is 0.0710. The predicted molar refractivity (Wildman–Crippen MR) is 131 cm³/mol. The molecule has 0 fully saturated rings. The number of carbonyl (C=O) groups is 2. The number of hydrogen-bond acceptors (Lipinski definition) is 4. The van der Waals surface area contributed by atoms with Gasteiger partial charge in [0.05, 0.1) is 24.1 Å². The summed E-state index contributed by atoms with van der Waals surface area (Å²) in [4.78, 5) is 27.4. The van der Waals surface area contributed by atoms with Crippen LogP contribution in [0.2, 0.25) is 10.0 Å². The maximum absolute atomic E-state index is 13.6. The minimum Gasteiger partial charge on any atom is -0.352 e. The van der Waals surface area contributed by atoms with Crippen molar-refractivity contribution in [1.82, 2.24) is 15.1 Å². The number of aryl methyl sites for hydroxylation is 1. The van der Waals surface area contributed by atoms with Crippen LogP contribution >= 0.6 is 23.2 Å². The molecule has 2 aromatic carbocycles. The van der Waals surface area contributed by atoms with Gasteiger partial charge < -0.3 is 15.5 Å². The Morgan fingerprint density at radius 1 is 1.15 bits per heavy atom. The summed E-state index contributed by atoms with van der Waals surface area (Å²) in [5.41, 5.74) is 2.99. The van der Waals surface area contributed by atoms with Gasteiger partial charge in [-0.15, -0.1) is 0 Å². The molecule has 33 heavy (non-hydrogen) atoms. The Bertz CT molecular complexity index is 1250. The first-order chi connectivity index (χ1) is 15.5. The number of benzene rings is 2. The van der Waals surface area contributed by atoms with E-state index in [0.717, 1.165) is 16.9 Å².